The summed E-state index contributed by atoms with van der Waals surface area (Å²) >= 11 is 0. The summed E-state index contributed by atoms with van der Waals surface area (Å²) < 4.78 is 37.4. The Morgan fingerprint density at radius 3 is 2.63 bits per heavy atom. The minimum absolute atomic E-state index is 0.00314. The first-order chi connectivity index (χ1) is 18.3. The summed E-state index contributed by atoms with van der Waals surface area (Å²) in [6, 6.07) is 7.79. The molecule has 1 aromatic heterocycles. The molecular weight excluding hydrogens is 506 g/mol. The fourth-order valence-corrected chi connectivity index (χ4v) is 4.90. The Hall–Kier alpha value is -4.53. The van der Waals surface area contributed by atoms with Crippen molar-refractivity contribution in [2.45, 2.75) is 18.1 Å². The molecule has 2 amide bonds. The fraction of sp³-hybridized carbons (Fsp3) is 0.348. The van der Waals surface area contributed by atoms with Crippen LogP contribution in [-0.2, 0) is 9.57 Å². The Kier molecular flexibility index (Phi) is 5.52. The molecule has 1 spiro atoms. The number of nitrogens with zero attached hydrogens (tertiary/aromatic N) is 7. The van der Waals surface area contributed by atoms with Crippen molar-refractivity contribution in [2.24, 2.45) is 0 Å². The van der Waals surface area contributed by atoms with Crippen LogP contribution in [-0.4, -0.2) is 80.8 Å². The summed E-state index contributed by atoms with van der Waals surface area (Å²) in [5.74, 6) is -2.46. The Labute approximate surface area is 213 Å². The van der Waals surface area contributed by atoms with Crippen LogP contribution in [0.25, 0.3) is 0 Å². The summed E-state index contributed by atoms with van der Waals surface area (Å²) in [5.41, 5.74) is 4.56. The van der Waals surface area contributed by atoms with Gasteiger partial charge in [-0.3, -0.25) is 14.5 Å². The van der Waals surface area contributed by atoms with Gasteiger partial charge in [0.2, 0.25) is 5.95 Å². The monoisotopic (exact) mass is 528 g/mol. The number of halogens is 2. The van der Waals surface area contributed by atoms with Crippen LogP contribution in [0.4, 0.5) is 30.9 Å². The molecule has 3 aliphatic rings. The van der Waals surface area contributed by atoms with Crippen LogP contribution >= 0.6 is 0 Å². The molecule has 2 aliphatic heterocycles. The second kappa shape index (κ2) is 8.79. The number of rotatable bonds is 4. The molecule has 2 atom stereocenters. The summed E-state index contributed by atoms with van der Waals surface area (Å²) in [5, 5.41) is 21.9. The van der Waals surface area contributed by atoms with Gasteiger partial charge in [-0.05, 0) is 22.6 Å². The van der Waals surface area contributed by atoms with Gasteiger partial charge in [0.25, 0.3) is 5.91 Å². The van der Waals surface area contributed by atoms with E-state index in [4.69, 9.17) is 15.3 Å². The van der Waals surface area contributed by atoms with Crippen molar-refractivity contribution in [3.63, 3.8) is 0 Å². The van der Waals surface area contributed by atoms with Crippen LogP contribution in [0.5, 0.6) is 5.75 Å². The van der Waals surface area contributed by atoms with Crippen molar-refractivity contribution in [1.82, 2.24) is 25.3 Å². The van der Waals surface area contributed by atoms with Gasteiger partial charge in [0.05, 0.1) is 30.9 Å². The van der Waals surface area contributed by atoms with E-state index in [9.17, 15) is 14.7 Å². The van der Waals surface area contributed by atoms with E-state index in [1.54, 1.807) is 12.1 Å². The van der Waals surface area contributed by atoms with E-state index >= 15 is 8.78 Å². The van der Waals surface area contributed by atoms with Gasteiger partial charge in [0, 0.05) is 31.6 Å². The van der Waals surface area contributed by atoms with Gasteiger partial charge < -0.3 is 20.5 Å². The number of aromatic hydroxyl groups is 1. The summed E-state index contributed by atoms with van der Waals surface area (Å²) in [4.78, 5) is 33.4. The van der Waals surface area contributed by atoms with E-state index < -0.39 is 29.2 Å². The Bertz CT molecular complexity index is 1410. The Morgan fingerprint density at radius 1 is 1.16 bits per heavy atom. The maximum absolute atomic E-state index is 15.3. The van der Waals surface area contributed by atoms with Crippen LogP contribution in [0.15, 0.2) is 36.4 Å². The van der Waals surface area contributed by atoms with E-state index in [2.05, 4.69) is 15.5 Å². The van der Waals surface area contributed by atoms with E-state index in [0.29, 0.717) is 6.42 Å². The van der Waals surface area contributed by atoms with Crippen molar-refractivity contribution < 1.29 is 33.1 Å². The largest absolute Gasteiger partial charge is 0.507 e. The molecule has 13 nitrogen and oxygen atoms in total. The number of benzene rings is 2. The predicted octanol–water partition coefficient (Wildman–Crippen LogP) is 1.47. The molecule has 2 aromatic carbocycles. The van der Waals surface area contributed by atoms with E-state index in [1.165, 1.54) is 21.7 Å². The van der Waals surface area contributed by atoms with Gasteiger partial charge in [-0.2, -0.15) is 0 Å². The molecule has 15 heteroatoms. The normalized spacial score (nSPS) is 23.1. The molecule has 1 unspecified atom stereocenters. The van der Waals surface area contributed by atoms with Crippen molar-refractivity contribution in [3.8, 4) is 5.75 Å². The van der Waals surface area contributed by atoms with Crippen LogP contribution in [0, 0.1) is 11.6 Å². The fourth-order valence-electron chi connectivity index (χ4n) is 4.90. The number of tetrazole rings is 1. The minimum atomic E-state index is -0.933. The number of hydrogen-bond donors (Lipinski definition) is 2. The number of phenolic OH excluding ortho intramolecular Hbond substituents is 1. The van der Waals surface area contributed by atoms with Crippen molar-refractivity contribution >= 4 is 29.3 Å². The first-order valence-electron chi connectivity index (χ1n) is 11.8. The second-order valence-corrected chi connectivity index (χ2v) is 9.22. The third-order valence-electron chi connectivity index (χ3n) is 6.91. The first-order valence-corrected chi connectivity index (χ1v) is 11.8. The standard InChI is InChI=1S/C23H22F2N8O5/c24-15-9-13(31-12-23(38-22(31)36)11-18(23)33-21(26)27-28-29-33)10-16(25)19(15)30-5-6-32(37-8-7-30)20(35)14-3-1-2-4-17(14)34/h1-4,9-10,18,34H,5-8,11-12H2,(H2,26,27,29)/t18-,23?/m0/s1. The molecule has 0 bridgehead atoms. The number of phenols is 1. The lowest BCUT2D eigenvalue weighted by atomic mass is 10.2. The van der Waals surface area contributed by atoms with Gasteiger partial charge in [-0.1, -0.05) is 17.2 Å². The quantitative estimate of drug-likeness (QED) is 0.509. The zero-order valence-electron chi connectivity index (χ0n) is 19.8. The number of para-hydroxylation sites is 1. The van der Waals surface area contributed by atoms with Crippen molar-refractivity contribution in [2.75, 3.05) is 48.3 Å². The number of anilines is 3. The zero-order valence-corrected chi connectivity index (χ0v) is 19.8. The predicted molar refractivity (Wildman–Crippen MR) is 126 cm³/mol. The molecule has 198 valence electrons. The Balaban J connectivity index is 1.17. The summed E-state index contributed by atoms with van der Waals surface area (Å²) in [6.07, 6.45) is -0.329. The molecule has 3 aromatic rings. The third kappa shape index (κ3) is 3.91. The lowest BCUT2D eigenvalue weighted by molar-refractivity contribution is -0.111. The molecule has 1 aliphatic carbocycles. The van der Waals surface area contributed by atoms with Gasteiger partial charge in [-0.25, -0.2) is 23.3 Å². The highest BCUT2D eigenvalue weighted by Gasteiger charge is 2.66. The molecular formula is C23H22F2N8O5. The molecule has 0 radical (unpaired) electrons. The van der Waals surface area contributed by atoms with Crippen molar-refractivity contribution in [3.05, 3.63) is 53.6 Å². The van der Waals surface area contributed by atoms with Gasteiger partial charge in [0.1, 0.15) is 17.5 Å². The average molecular weight is 528 g/mol. The minimum Gasteiger partial charge on any atom is -0.507 e. The number of carbonyl (C=O) groups is 2. The number of ether oxygens (including phenoxy) is 1. The number of aromatic nitrogens is 4. The molecule has 6 rings (SSSR count). The lowest BCUT2D eigenvalue weighted by Crippen LogP contribution is -2.35. The van der Waals surface area contributed by atoms with E-state index in [1.807, 2.05) is 0 Å². The van der Waals surface area contributed by atoms with E-state index in [0.717, 1.165) is 22.1 Å². The highest BCUT2D eigenvalue weighted by atomic mass is 19.1. The smallest absolute Gasteiger partial charge is 0.415 e. The van der Waals surface area contributed by atoms with Crippen LogP contribution < -0.4 is 15.5 Å². The SMILES string of the molecule is Nc1nnnn1[C@H]1CC12CN(c1cc(F)c(N3CCON(C(=O)c4ccccc4O)CC3)c(F)c1)C(=O)O2. The van der Waals surface area contributed by atoms with Gasteiger partial charge >= 0.3 is 6.09 Å². The molecule has 3 heterocycles. The number of hydrogen-bond acceptors (Lipinski definition) is 10. The molecule has 38 heavy (non-hydrogen) atoms. The summed E-state index contributed by atoms with van der Waals surface area (Å²) in [7, 11) is 0. The van der Waals surface area contributed by atoms with Crippen LogP contribution in [0.3, 0.4) is 0 Å². The number of amides is 2. The number of nitrogen functional groups attached to an aromatic ring is 1. The highest BCUT2D eigenvalue weighted by molar-refractivity contribution is 5.96. The van der Waals surface area contributed by atoms with Crippen molar-refractivity contribution in [1.29, 1.82) is 0 Å². The lowest BCUT2D eigenvalue weighted by Gasteiger charge is -2.24. The number of hydroxylamine groups is 2. The topological polar surface area (TPSA) is 152 Å². The maximum Gasteiger partial charge on any atom is 0.415 e. The number of nitrogens with two attached hydrogens (primary N) is 1. The summed E-state index contributed by atoms with van der Waals surface area (Å²) in [6.45, 7) is 0.187. The first kappa shape index (κ1) is 23.8. The molecule has 3 fully saturated rings. The third-order valence-corrected chi connectivity index (χ3v) is 6.91. The van der Waals surface area contributed by atoms with Gasteiger partial charge in [0.15, 0.2) is 17.2 Å². The average Bonchev–Trinajstić information content (AvgIpc) is 3.34. The maximum atomic E-state index is 15.3. The Morgan fingerprint density at radius 2 is 1.92 bits per heavy atom. The highest BCUT2D eigenvalue weighted by Crippen LogP contribution is 2.55. The molecule has 3 N–H and O–H groups in total. The molecule has 1 saturated carbocycles. The van der Waals surface area contributed by atoms with Crippen LogP contribution in [0.2, 0.25) is 0 Å². The van der Waals surface area contributed by atoms with E-state index in [-0.39, 0.29) is 67.5 Å². The van der Waals surface area contributed by atoms with Gasteiger partial charge in [-0.15, -0.1) is 0 Å². The molecule has 2 saturated heterocycles. The second-order valence-electron chi connectivity index (χ2n) is 9.22. The van der Waals surface area contributed by atoms with Crippen LogP contribution in [0.1, 0.15) is 22.8 Å². The zero-order chi connectivity index (χ0) is 26.6. The number of carbonyl (C=O) groups excluding carboxylic acids is 2.